The van der Waals surface area contributed by atoms with Crippen molar-refractivity contribution in [2.24, 2.45) is 0 Å². The number of rotatable bonds is 4. The first kappa shape index (κ1) is 11.6. The number of hydrogen-bond acceptors (Lipinski definition) is 2. The van der Waals surface area contributed by atoms with Crippen LogP contribution in [0, 0.1) is 0 Å². The second kappa shape index (κ2) is 6.66. The van der Waals surface area contributed by atoms with Crippen molar-refractivity contribution in [3.63, 3.8) is 0 Å². The zero-order valence-electron chi connectivity index (χ0n) is 9.82. The van der Waals surface area contributed by atoms with Gasteiger partial charge >= 0.3 is 0 Å². The van der Waals surface area contributed by atoms with Gasteiger partial charge in [0.15, 0.2) is 0 Å². The lowest BCUT2D eigenvalue weighted by atomic mass is 10.2. The van der Waals surface area contributed by atoms with E-state index in [1.54, 1.807) is 0 Å². The lowest BCUT2D eigenvalue weighted by molar-refractivity contribution is -0.0353. The van der Waals surface area contributed by atoms with Crippen molar-refractivity contribution in [2.75, 3.05) is 0 Å². The van der Waals surface area contributed by atoms with Crippen molar-refractivity contribution in [1.29, 1.82) is 0 Å². The van der Waals surface area contributed by atoms with E-state index in [1.807, 2.05) is 6.07 Å². The van der Waals surface area contributed by atoms with Crippen molar-refractivity contribution in [2.45, 2.75) is 51.2 Å². The molecule has 2 nitrogen and oxygen atoms in total. The SMILES string of the molecule is c1ccc(CNOC2CCCCCC2)cc1. The summed E-state index contributed by atoms with van der Waals surface area (Å²) in [5.74, 6) is 0. The summed E-state index contributed by atoms with van der Waals surface area (Å²) < 4.78 is 0. The molecule has 1 fully saturated rings. The van der Waals surface area contributed by atoms with E-state index in [0.29, 0.717) is 6.10 Å². The molecule has 0 bridgehead atoms. The zero-order chi connectivity index (χ0) is 11.1. The van der Waals surface area contributed by atoms with E-state index in [1.165, 1.54) is 44.1 Å². The van der Waals surface area contributed by atoms with Crippen molar-refractivity contribution in [3.8, 4) is 0 Å². The van der Waals surface area contributed by atoms with Gasteiger partial charge in [-0.05, 0) is 18.4 Å². The predicted molar refractivity (Wildman–Crippen MR) is 65.9 cm³/mol. The van der Waals surface area contributed by atoms with Gasteiger partial charge in [0.1, 0.15) is 0 Å². The van der Waals surface area contributed by atoms with E-state index < -0.39 is 0 Å². The highest BCUT2D eigenvalue weighted by Crippen LogP contribution is 2.19. The molecule has 1 aromatic carbocycles. The van der Waals surface area contributed by atoms with E-state index in [-0.39, 0.29) is 0 Å². The van der Waals surface area contributed by atoms with Crippen LogP contribution in [-0.4, -0.2) is 6.10 Å². The second-order valence-corrected chi connectivity index (χ2v) is 4.54. The minimum absolute atomic E-state index is 0.422. The number of nitrogens with one attached hydrogen (secondary N) is 1. The predicted octanol–water partition coefficient (Wildman–Crippen LogP) is 3.43. The van der Waals surface area contributed by atoms with E-state index in [2.05, 4.69) is 29.7 Å². The summed E-state index contributed by atoms with van der Waals surface area (Å²) in [6.07, 6.45) is 8.22. The molecule has 1 N–H and O–H groups in total. The van der Waals surface area contributed by atoms with Gasteiger partial charge in [-0.2, -0.15) is 5.48 Å². The summed E-state index contributed by atoms with van der Waals surface area (Å²) in [7, 11) is 0. The Kier molecular flexibility index (Phi) is 4.84. The average molecular weight is 219 g/mol. The first-order valence-corrected chi connectivity index (χ1v) is 6.37. The Morgan fingerprint density at radius 2 is 1.69 bits per heavy atom. The Morgan fingerprint density at radius 3 is 2.38 bits per heavy atom. The summed E-state index contributed by atoms with van der Waals surface area (Å²) in [6.45, 7) is 0.803. The maximum Gasteiger partial charge on any atom is 0.0790 e. The lowest BCUT2D eigenvalue weighted by Gasteiger charge is -2.15. The third-order valence-corrected chi connectivity index (χ3v) is 3.17. The second-order valence-electron chi connectivity index (χ2n) is 4.54. The molecule has 1 saturated carbocycles. The molecule has 0 spiro atoms. The average Bonchev–Trinajstić information content (AvgIpc) is 2.59. The molecule has 0 atom stereocenters. The fourth-order valence-electron chi connectivity index (χ4n) is 2.20. The van der Waals surface area contributed by atoms with Gasteiger partial charge in [-0.1, -0.05) is 56.0 Å². The first-order valence-electron chi connectivity index (χ1n) is 6.37. The fourth-order valence-corrected chi connectivity index (χ4v) is 2.20. The maximum absolute atomic E-state index is 5.72. The van der Waals surface area contributed by atoms with Crippen LogP contribution in [0.4, 0.5) is 0 Å². The minimum atomic E-state index is 0.422. The van der Waals surface area contributed by atoms with Crippen LogP contribution in [0.1, 0.15) is 44.1 Å². The van der Waals surface area contributed by atoms with Gasteiger partial charge in [-0.15, -0.1) is 0 Å². The van der Waals surface area contributed by atoms with E-state index in [9.17, 15) is 0 Å². The third kappa shape index (κ3) is 3.95. The van der Waals surface area contributed by atoms with Crippen molar-refractivity contribution in [1.82, 2.24) is 5.48 Å². The molecule has 16 heavy (non-hydrogen) atoms. The molecule has 1 aromatic rings. The molecule has 2 rings (SSSR count). The van der Waals surface area contributed by atoms with Crippen LogP contribution in [0.2, 0.25) is 0 Å². The highest BCUT2D eigenvalue weighted by Gasteiger charge is 2.12. The first-order chi connectivity index (χ1) is 7.95. The van der Waals surface area contributed by atoms with Gasteiger partial charge in [-0.25, -0.2) is 0 Å². The number of hydrogen-bond donors (Lipinski definition) is 1. The molecule has 0 radical (unpaired) electrons. The van der Waals surface area contributed by atoms with Crippen LogP contribution in [0.3, 0.4) is 0 Å². The van der Waals surface area contributed by atoms with Crippen LogP contribution in [0.5, 0.6) is 0 Å². The molecular formula is C14H21NO. The Morgan fingerprint density at radius 1 is 1.00 bits per heavy atom. The largest absolute Gasteiger partial charge is 0.298 e. The monoisotopic (exact) mass is 219 g/mol. The van der Waals surface area contributed by atoms with Gasteiger partial charge in [0.25, 0.3) is 0 Å². The topological polar surface area (TPSA) is 21.3 Å². The van der Waals surface area contributed by atoms with E-state index in [0.717, 1.165) is 6.54 Å². The van der Waals surface area contributed by atoms with Crippen LogP contribution >= 0.6 is 0 Å². The van der Waals surface area contributed by atoms with Crippen LogP contribution in [-0.2, 0) is 11.4 Å². The standard InChI is InChI=1S/C14H21NO/c1-2-7-11-14(10-6-1)16-15-12-13-8-4-3-5-9-13/h3-5,8-9,14-15H,1-2,6-7,10-12H2. The van der Waals surface area contributed by atoms with Gasteiger partial charge in [0.2, 0.25) is 0 Å². The van der Waals surface area contributed by atoms with E-state index in [4.69, 9.17) is 4.84 Å². The Hall–Kier alpha value is -0.860. The van der Waals surface area contributed by atoms with Gasteiger partial charge in [-0.3, -0.25) is 4.84 Å². The molecule has 0 heterocycles. The van der Waals surface area contributed by atoms with E-state index >= 15 is 0 Å². The molecular weight excluding hydrogens is 198 g/mol. The number of hydroxylamine groups is 1. The molecule has 88 valence electrons. The highest BCUT2D eigenvalue weighted by atomic mass is 16.7. The molecule has 1 aliphatic carbocycles. The van der Waals surface area contributed by atoms with Crippen molar-refractivity contribution in [3.05, 3.63) is 35.9 Å². The summed E-state index contributed by atoms with van der Waals surface area (Å²) in [5, 5.41) is 0. The smallest absolute Gasteiger partial charge is 0.0790 e. The molecule has 0 unspecified atom stereocenters. The van der Waals surface area contributed by atoms with Crippen LogP contribution in [0.15, 0.2) is 30.3 Å². The molecule has 0 amide bonds. The van der Waals surface area contributed by atoms with Crippen molar-refractivity contribution < 1.29 is 4.84 Å². The molecule has 0 aromatic heterocycles. The van der Waals surface area contributed by atoms with Crippen LogP contribution in [0.25, 0.3) is 0 Å². The maximum atomic E-state index is 5.72. The molecule has 0 aliphatic heterocycles. The van der Waals surface area contributed by atoms with Crippen molar-refractivity contribution >= 4 is 0 Å². The Balaban J connectivity index is 1.67. The lowest BCUT2D eigenvalue weighted by Crippen LogP contribution is -2.23. The highest BCUT2D eigenvalue weighted by molar-refractivity contribution is 5.13. The Labute approximate surface area is 98.0 Å². The zero-order valence-corrected chi connectivity index (χ0v) is 9.82. The summed E-state index contributed by atoms with van der Waals surface area (Å²) in [5.41, 5.74) is 4.37. The number of benzene rings is 1. The third-order valence-electron chi connectivity index (χ3n) is 3.17. The summed E-state index contributed by atoms with van der Waals surface area (Å²) in [4.78, 5) is 5.72. The van der Waals surface area contributed by atoms with Gasteiger partial charge in [0, 0.05) is 6.54 Å². The Bertz CT molecular complexity index is 278. The quantitative estimate of drug-likeness (QED) is 0.619. The molecule has 1 aliphatic rings. The van der Waals surface area contributed by atoms with Gasteiger partial charge < -0.3 is 0 Å². The minimum Gasteiger partial charge on any atom is -0.298 e. The van der Waals surface area contributed by atoms with Crippen LogP contribution < -0.4 is 5.48 Å². The normalized spacial score (nSPS) is 18.2. The molecule has 0 saturated heterocycles. The summed E-state index contributed by atoms with van der Waals surface area (Å²) in [6, 6.07) is 10.4. The fraction of sp³-hybridized carbons (Fsp3) is 0.571. The summed E-state index contributed by atoms with van der Waals surface area (Å²) >= 11 is 0. The van der Waals surface area contributed by atoms with Gasteiger partial charge in [0.05, 0.1) is 6.10 Å². The molecule has 2 heteroatoms.